The highest BCUT2D eigenvalue weighted by atomic mass is 16.6. The quantitative estimate of drug-likeness (QED) is 0.382. The summed E-state index contributed by atoms with van der Waals surface area (Å²) in [6.07, 6.45) is 0.149. The van der Waals surface area contributed by atoms with E-state index in [0.717, 1.165) is 18.7 Å². The average molecular weight is 392 g/mol. The zero-order valence-corrected chi connectivity index (χ0v) is 15.7. The lowest BCUT2D eigenvalue weighted by Crippen LogP contribution is -2.46. The number of rotatable bonds is 8. The third kappa shape index (κ3) is 6.80. The van der Waals surface area contributed by atoms with Gasteiger partial charge in [-0.1, -0.05) is 12.1 Å². The predicted octanol–water partition coefficient (Wildman–Crippen LogP) is -0.913. The van der Waals surface area contributed by atoms with E-state index in [1.165, 1.54) is 0 Å². The summed E-state index contributed by atoms with van der Waals surface area (Å²) in [4.78, 5) is 36.6. The number of benzene rings is 1. The molecule has 1 aromatic rings. The van der Waals surface area contributed by atoms with E-state index in [0.29, 0.717) is 18.8 Å². The second-order valence-electron chi connectivity index (χ2n) is 6.67. The van der Waals surface area contributed by atoms with Crippen LogP contribution in [0.3, 0.4) is 0 Å². The van der Waals surface area contributed by atoms with Gasteiger partial charge in [0.05, 0.1) is 12.1 Å². The second kappa shape index (κ2) is 10.6. The van der Waals surface area contributed by atoms with Crippen molar-refractivity contribution in [2.75, 3.05) is 31.5 Å². The van der Waals surface area contributed by atoms with Crippen LogP contribution in [0.2, 0.25) is 0 Å². The first kappa shape index (κ1) is 21.6. The van der Waals surface area contributed by atoms with Crippen molar-refractivity contribution in [3.63, 3.8) is 0 Å². The van der Waals surface area contributed by atoms with Gasteiger partial charge in [-0.3, -0.25) is 9.59 Å². The molecule has 28 heavy (non-hydrogen) atoms. The molecular formula is C18H28N6O4. The number of nitrogens with zero attached hydrogens (tertiary/aromatic N) is 1. The molecule has 2 rings (SSSR count). The van der Waals surface area contributed by atoms with Crippen LogP contribution < -0.4 is 27.8 Å². The van der Waals surface area contributed by atoms with E-state index < -0.39 is 18.0 Å². The monoisotopic (exact) mass is 392 g/mol. The first-order valence-corrected chi connectivity index (χ1v) is 9.19. The number of amides is 3. The van der Waals surface area contributed by atoms with Crippen molar-refractivity contribution >= 4 is 23.6 Å². The van der Waals surface area contributed by atoms with Gasteiger partial charge in [0.15, 0.2) is 0 Å². The van der Waals surface area contributed by atoms with E-state index >= 15 is 0 Å². The molecule has 0 saturated carbocycles. The minimum absolute atomic E-state index is 0.154. The van der Waals surface area contributed by atoms with Crippen LogP contribution in [-0.2, 0) is 20.9 Å². The molecule has 0 radical (unpaired) electrons. The zero-order chi connectivity index (χ0) is 20.5. The van der Waals surface area contributed by atoms with E-state index in [1.807, 2.05) is 0 Å². The molecule has 10 nitrogen and oxygen atoms in total. The van der Waals surface area contributed by atoms with Gasteiger partial charge in [-0.2, -0.15) is 0 Å². The van der Waals surface area contributed by atoms with Gasteiger partial charge in [-0.05, 0) is 30.5 Å². The molecule has 10 heteroatoms. The van der Waals surface area contributed by atoms with Crippen LogP contribution in [0.15, 0.2) is 24.3 Å². The summed E-state index contributed by atoms with van der Waals surface area (Å²) in [6, 6.07) is 5.30. The van der Waals surface area contributed by atoms with Crippen LogP contribution in [0.25, 0.3) is 0 Å². The van der Waals surface area contributed by atoms with Crippen LogP contribution in [-0.4, -0.2) is 61.1 Å². The molecule has 8 N–H and O–H groups in total. The molecule has 2 atom stereocenters. The topological polar surface area (TPSA) is 166 Å². The third-order valence-electron chi connectivity index (χ3n) is 4.45. The van der Waals surface area contributed by atoms with E-state index in [-0.39, 0.29) is 31.4 Å². The van der Waals surface area contributed by atoms with Crippen molar-refractivity contribution in [3.05, 3.63) is 29.8 Å². The maximum Gasteiger partial charge on any atom is 0.410 e. The standard InChI is InChI=1S/C18H28N6O4/c19-14(16(21)25)5-6-15(20)17(26)23-13-3-1-12(2-4-13)11-28-18(27)24-9-7-22-8-10-24/h1-4,14-15,22H,5-11,19-20H2,(H2,21,25)(H,23,26)/t14?,15-/m0/s1. The second-order valence-corrected chi connectivity index (χ2v) is 6.67. The van der Waals surface area contributed by atoms with Crippen molar-refractivity contribution in [1.82, 2.24) is 10.2 Å². The summed E-state index contributed by atoms with van der Waals surface area (Å²) in [5.74, 6) is -1.00. The van der Waals surface area contributed by atoms with Crippen molar-refractivity contribution in [3.8, 4) is 0 Å². The highest BCUT2D eigenvalue weighted by molar-refractivity contribution is 5.94. The van der Waals surface area contributed by atoms with Gasteiger partial charge in [-0.15, -0.1) is 0 Å². The van der Waals surface area contributed by atoms with Crippen molar-refractivity contribution in [2.45, 2.75) is 31.5 Å². The predicted molar refractivity (Wildman–Crippen MR) is 104 cm³/mol. The Labute approximate surface area is 163 Å². The maximum absolute atomic E-state index is 12.1. The lowest BCUT2D eigenvalue weighted by atomic mass is 10.1. The number of primary amides is 1. The van der Waals surface area contributed by atoms with Crippen molar-refractivity contribution < 1.29 is 19.1 Å². The van der Waals surface area contributed by atoms with E-state index in [2.05, 4.69) is 10.6 Å². The number of hydrogen-bond donors (Lipinski definition) is 5. The molecule has 1 unspecified atom stereocenters. The Morgan fingerprint density at radius 3 is 2.29 bits per heavy atom. The van der Waals surface area contributed by atoms with Crippen LogP contribution >= 0.6 is 0 Å². The fraction of sp³-hybridized carbons (Fsp3) is 0.500. The molecule has 0 aliphatic carbocycles. The number of carbonyl (C=O) groups excluding carboxylic acids is 3. The zero-order valence-electron chi connectivity index (χ0n) is 15.7. The van der Waals surface area contributed by atoms with Gasteiger partial charge in [-0.25, -0.2) is 4.79 Å². The van der Waals surface area contributed by atoms with Gasteiger partial charge in [0.25, 0.3) is 0 Å². The molecule has 1 aliphatic rings. The Kier molecular flexibility index (Phi) is 8.18. The van der Waals surface area contributed by atoms with Crippen LogP contribution in [0.1, 0.15) is 18.4 Å². The number of carbonyl (C=O) groups is 3. The SMILES string of the molecule is NC(=O)C(N)CC[C@H](N)C(=O)Nc1ccc(COC(=O)N2CCNCC2)cc1. The molecule has 1 saturated heterocycles. The molecule has 3 amide bonds. The highest BCUT2D eigenvalue weighted by Crippen LogP contribution is 2.12. The molecule has 1 heterocycles. The van der Waals surface area contributed by atoms with Gasteiger partial charge < -0.3 is 37.5 Å². The number of piperazine rings is 1. The number of nitrogens with one attached hydrogen (secondary N) is 2. The summed E-state index contributed by atoms with van der Waals surface area (Å²) >= 11 is 0. The Bertz CT molecular complexity index is 675. The van der Waals surface area contributed by atoms with Crippen LogP contribution in [0, 0.1) is 0 Å². The van der Waals surface area contributed by atoms with Crippen LogP contribution in [0.5, 0.6) is 0 Å². The summed E-state index contributed by atoms with van der Waals surface area (Å²) in [6.45, 7) is 2.95. The highest BCUT2D eigenvalue weighted by Gasteiger charge is 2.18. The lowest BCUT2D eigenvalue weighted by Gasteiger charge is -2.26. The van der Waals surface area contributed by atoms with Crippen LogP contribution in [0.4, 0.5) is 10.5 Å². The molecule has 154 valence electrons. The Morgan fingerprint density at radius 2 is 1.68 bits per heavy atom. The van der Waals surface area contributed by atoms with Crippen molar-refractivity contribution in [1.29, 1.82) is 0 Å². The Hall–Kier alpha value is -2.69. The van der Waals surface area contributed by atoms with Gasteiger partial charge in [0, 0.05) is 31.9 Å². The third-order valence-corrected chi connectivity index (χ3v) is 4.45. The Balaban J connectivity index is 1.76. The number of nitrogens with two attached hydrogens (primary N) is 3. The molecule has 0 aromatic heterocycles. The summed E-state index contributed by atoms with van der Waals surface area (Å²) < 4.78 is 5.30. The summed E-state index contributed by atoms with van der Waals surface area (Å²) in [5, 5.41) is 5.87. The van der Waals surface area contributed by atoms with Crippen molar-refractivity contribution in [2.24, 2.45) is 17.2 Å². The average Bonchev–Trinajstić information content (AvgIpc) is 2.71. The first-order valence-electron chi connectivity index (χ1n) is 9.19. The summed E-state index contributed by atoms with van der Waals surface area (Å²) in [7, 11) is 0. The molecule has 0 bridgehead atoms. The number of hydrogen-bond acceptors (Lipinski definition) is 7. The lowest BCUT2D eigenvalue weighted by molar-refractivity contribution is -0.120. The number of anilines is 1. The molecule has 0 spiro atoms. The molecule has 1 aromatic carbocycles. The minimum Gasteiger partial charge on any atom is -0.445 e. The van der Waals surface area contributed by atoms with Gasteiger partial charge in [0.2, 0.25) is 11.8 Å². The van der Waals surface area contributed by atoms with Gasteiger partial charge in [0.1, 0.15) is 6.61 Å². The Morgan fingerprint density at radius 1 is 1.07 bits per heavy atom. The molecule has 1 aliphatic heterocycles. The smallest absolute Gasteiger partial charge is 0.410 e. The van der Waals surface area contributed by atoms with E-state index in [1.54, 1.807) is 29.2 Å². The minimum atomic E-state index is -0.818. The fourth-order valence-corrected chi connectivity index (χ4v) is 2.64. The van der Waals surface area contributed by atoms with E-state index in [9.17, 15) is 14.4 Å². The molecule has 1 fully saturated rings. The fourth-order valence-electron chi connectivity index (χ4n) is 2.64. The van der Waals surface area contributed by atoms with E-state index in [4.69, 9.17) is 21.9 Å². The molecular weight excluding hydrogens is 364 g/mol. The normalized spacial score (nSPS) is 16.1. The van der Waals surface area contributed by atoms with Gasteiger partial charge >= 0.3 is 6.09 Å². The maximum atomic E-state index is 12.1. The largest absolute Gasteiger partial charge is 0.445 e. The first-order chi connectivity index (χ1) is 13.4. The number of ether oxygens (including phenoxy) is 1. The summed E-state index contributed by atoms with van der Waals surface area (Å²) in [5.41, 5.74) is 17.8.